The zero-order valence-electron chi connectivity index (χ0n) is 16.7. The maximum absolute atomic E-state index is 12.6. The van der Waals surface area contributed by atoms with Crippen molar-refractivity contribution in [3.05, 3.63) is 70.1 Å². The lowest BCUT2D eigenvalue weighted by Gasteiger charge is -2.10. The molecule has 5 nitrogen and oxygen atoms in total. The second-order valence-corrected chi connectivity index (χ2v) is 9.11. The molecule has 1 fully saturated rings. The van der Waals surface area contributed by atoms with Crippen LogP contribution in [-0.4, -0.2) is 26.9 Å². The Bertz CT molecular complexity index is 1230. The topological polar surface area (TPSA) is 74.1 Å². The second kappa shape index (κ2) is 8.08. The van der Waals surface area contributed by atoms with Crippen molar-refractivity contribution in [2.24, 2.45) is 0 Å². The number of thioether (sulfide) groups is 1. The predicted molar refractivity (Wildman–Crippen MR) is 123 cm³/mol. The molecule has 2 aromatic carbocycles. The van der Waals surface area contributed by atoms with Crippen LogP contribution in [0.3, 0.4) is 0 Å². The number of amides is 2. The molecular formula is C23H19N3O2S2. The first kappa shape index (κ1) is 20.4. The Morgan fingerprint density at radius 2 is 1.90 bits per heavy atom. The fraction of sp³-hybridized carbons (Fsp3) is 0.130. The van der Waals surface area contributed by atoms with E-state index in [0.29, 0.717) is 4.91 Å². The van der Waals surface area contributed by atoms with E-state index < -0.39 is 11.8 Å². The molecule has 0 saturated carbocycles. The predicted octanol–water partition coefficient (Wildman–Crippen LogP) is 5.40. The minimum absolute atomic E-state index is 0.0731. The van der Waals surface area contributed by atoms with Crippen LogP contribution in [0.4, 0.5) is 0 Å². The Labute approximate surface area is 183 Å². The van der Waals surface area contributed by atoms with Gasteiger partial charge in [-0.2, -0.15) is 0 Å². The Balaban J connectivity index is 1.83. The number of fused-ring (bicyclic) bond motifs is 1. The van der Waals surface area contributed by atoms with Gasteiger partial charge in [0, 0.05) is 22.8 Å². The molecule has 0 atom stereocenters. The zero-order chi connectivity index (χ0) is 21.4. The molecule has 1 saturated heterocycles. The Kier molecular flexibility index (Phi) is 5.49. The number of carbonyl (C=O) groups is 2. The van der Waals surface area contributed by atoms with Gasteiger partial charge in [0.2, 0.25) is 5.91 Å². The highest BCUT2D eigenvalue weighted by Crippen LogP contribution is 2.37. The molecule has 7 heteroatoms. The van der Waals surface area contributed by atoms with Crippen molar-refractivity contribution < 1.29 is 9.59 Å². The van der Waals surface area contributed by atoms with Gasteiger partial charge < -0.3 is 0 Å². The number of nitrogens with zero attached hydrogens (tertiary/aromatic N) is 2. The van der Waals surface area contributed by atoms with Gasteiger partial charge in [-0.25, -0.2) is 9.88 Å². The third-order valence-corrected chi connectivity index (χ3v) is 6.62. The average Bonchev–Trinajstić information content (AvgIpc) is 2.98. The van der Waals surface area contributed by atoms with E-state index in [1.807, 2.05) is 50.2 Å². The minimum atomic E-state index is -0.465. The minimum Gasteiger partial charge on any atom is -0.278 e. The first-order valence-electron chi connectivity index (χ1n) is 9.31. The number of hydrogen-bond donors (Lipinski definition) is 1. The fourth-order valence-electron chi connectivity index (χ4n) is 3.16. The molecule has 1 aliphatic rings. The summed E-state index contributed by atoms with van der Waals surface area (Å²) in [4.78, 5) is 31.5. The summed E-state index contributed by atoms with van der Waals surface area (Å²) in [6.45, 7) is 5.35. The summed E-state index contributed by atoms with van der Waals surface area (Å²) in [5, 5.41) is 9.64. The summed E-state index contributed by atoms with van der Waals surface area (Å²) in [6, 6.07) is 16.2. The smallest absolute Gasteiger partial charge is 0.273 e. The number of nitrogens with one attached hydrogen (secondary N) is 1. The highest BCUT2D eigenvalue weighted by atomic mass is 32.2. The first-order chi connectivity index (χ1) is 14.3. The van der Waals surface area contributed by atoms with Crippen molar-refractivity contribution in [2.75, 3.05) is 0 Å². The van der Waals surface area contributed by atoms with Gasteiger partial charge in [-0.15, -0.1) is 0 Å². The van der Waals surface area contributed by atoms with E-state index in [1.165, 1.54) is 24.2 Å². The van der Waals surface area contributed by atoms with Gasteiger partial charge in [0.05, 0.1) is 10.4 Å². The van der Waals surface area contributed by atoms with E-state index in [0.717, 1.165) is 48.6 Å². The number of carbonyl (C=O) groups excluding carboxylic acids is 2. The lowest BCUT2D eigenvalue weighted by Crippen LogP contribution is -2.32. The number of aryl methyl sites for hydroxylation is 2. The third-order valence-electron chi connectivity index (χ3n) is 4.70. The molecule has 3 aromatic rings. The summed E-state index contributed by atoms with van der Waals surface area (Å²) in [5.74, 6) is -0.921. The van der Waals surface area contributed by atoms with Crippen LogP contribution in [0.25, 0.3) is 17.0 Å². The largest absolute Gasteiger partial charge is 0.278 e. The molecule has 30 heavy (non-hydrogen) atoms. The van der Waals surface area contributed by atoms with E-state index in [-0.39, 0.29) is 5.17 Å². The highest BCUT2D eigenvalue weighted by Gasteiger charge is 2.35. The first-order valence-corrected chi connectivity index (χ1v) is 10.9. The van der Waals surface area contributed by atoms with Crippen LogP contribution >= 0.6 is 23.5 Å². The number of hydrogen-bond acceptors (Lipinski definition) is 6. The number of amidine groups is 1. The van der Waals surface area contributed by atoms with Crippen LogP contribution in [0.1, 0.15) is 23.6 Å². The maximum Gasteiger partial charge on any atom is 0.273 e. The standard InChI is InChI=1S/C23H19N3O2S2/c1-13-7-9-18(10-8-13)29-21-17(11-16-6-4-5-14(2)20(16)25-21)12-19-22(28)26(15(3)27)23(24)30-19/h4-12,24H,1-3H3/b19-12+,24-23?. The molecular weight excluding hydrogens is 414 g/mol. The summed E-state index contributed by atoms with van der Waals surface area (Å²) < 4.78 is 0. The quantitative estimate of drug-likeness (QED) is 0.560. The molecule has 0 unspecified atom stereocenters. The van der Waals surface area contributed by atoms with Gasteiger partial charge in [0.15, 0.2) is 5.17 Å². The Hall–Kier alpha value is -2.90. The van der Waals surface area contributed by atoms with Gasteiger partial charge in [0.1, 0.15) is 5.03 Å². The molecule has 150 valence electrons. The van der Waals surface area contributed by atoms with Gasteiger partial charge >= 0.3 is 0 Å². The molecule has 1 aliphatic heterocycles. The monoisotopic (exact) mass is 433 g/mol. The normalized spacial score (nSPS) is 15.4. The molecule has 4 rings (SSSR count). The number of benzene rings is 2. The number of pyridine rings is 1. The van der Waals surface area contributed by atoms with Crippen LogP contribution in [0.5, 0.6) is 0 Å². The van der Waals surface area contributed by atoms with Crippen LogP contribution < -0.4 is 0 Å². The second-order valence-electron chi connectivity index (χ2n) is 7.02. The molecule has 0 aliphatic carbocycles. The lowest BCUT2D eigenvalue weighted by atomic mass is 10.1. The fourth-order valence-corrected chi connectivity index (χ4v) is 4.91. The number of imide groups is 1. The molecule has 2 amide bonds. The van der Waals surface area contributed by atoms with Gasteiger partial charge in [0.25, 0.3) is 5.91 Å². The van der Waals surface area contributed by atoms with Crippen molar-refractivity contribution in [1.29, 1.82) is 5.41 Å². The summed E-state index contributed by atoms with van der Waals surface area (Å²) in [6.07, 6.45) is 1.73. The van der Waals surface area contributed by atoms with Gasteiger partial charge in [-0.05, 0) is 55.4 Å². The average molecular weight is 434 g/mol. The molecule has 0 radical (unpaired) electrons. The molecule has 0 spiro atoms. The van der Waals surface area contributed by atoms with Crippen LogP contribution in [0.15, 0.2) is 63.4 Å². The Morgan fingerprint density at radius 3 is 2.57 bits per heavy atom. The third kappa shape index (κ3) is 3.91. The molecule has 1 aromatic heterocycles. The van der Waals surface area contributed by atoms with Gasteiger partial charge in [-0.1, -0.05) is 47.7 Å². The summed E-state index contributed by atoms with van der Waals surface area (Å²) in [7, 11) is 0. The van der Waals surface area contributed by atoms with E-state index in [2.05, 4.69) is 12.1 Å². The van der Waals surface area contributed by atoms with Gasteiger partial charge in [-0.3, -0.25) is 15.0 Å². The van der Waals surface area contributed by atoms with Crippen LogP contribution in [0, 0.1) is 19.3 Å². The molecule has 2 heterocycles. The zero-order valence-corrected chi connectivity index (χ0v) is 18.4. The van der Waals surface area contributed by atoms with Crippen molar-refractivity contribution in [1.82, 2.24) is 9.88 Å². The number of rotatable bonds is 3. The van der Waals surface area contributed by atoms with E-state index in [1.54, 1.807) is 6.08 Å². The van der Waals surface area contributed by atoms with Crippen molar-refractivity contribution >= 4 is 57.5 Å². The highest BCUT2D eigenvalue weighted by molar-refractivity contribution is 8.18. The van der Waals surface area contributed by atoms with Crippen LogP contribution in [-0.2, 0) is 9.59 Å². The summed E-state index contributed by atoms with van der Waals surface area (Å²) >= 11 is 2.52. The van der Waals surface area contributed by atoms with Crippen LogP contribution in [0.2, 0.25) is 0 Å². The van der Waals surface area contributed by atoms with E-state index in [4.69, 9.17) is 10.4 Å². The maximum atomic E-state index is 12.6. The van der Waals surface area contributed by atoms with Crippen molar-refractivity contribution in [3.63, 3.8) is 0 Å². The molecule has 0 bridgehead atoms. The van der Waals surface area contributed by atoms with Crippen molar-refractivity contribution in [2.45, 2.75) is 30.7 Å². The molecule has 1 N–H and O–H groups in total. The summed E-state index contributed by atoms with van der Waals surface area (Å²) in [5.41, 5.74) is 3.96. The Morgan fingerprint density at radius 1 is 1.17 bits per heavy atom. The van der Waals surface area contributed by atoms with E-state index >= 15 is 0 Å². The van der Waals surface area contributed by atoms with Crippen molar-refractivity contribution in [3.8, 4) is 0 Å². The lowest BCUT2D eigenvalue weighted by molar-refractivity contribution is -0.135. The SMILES string of the molecule is CC(=O)N1C(=N)S/C(=C/c2cc3cccc(C)c3nc2Sc2ccc(C)cc2)C1=O. The number of para-hydroxylation sites is 1. The van der Waals surface area contributed by atoms with E-state index in [9.17, 15) is 9.59 Å². The number of aromatic nitrogens is 1.